The molecular formula is C16H25B2O15P3. The molecule has 0 saturated carbocycles. The second-order valence-electron chi connectivity index (χ2n) is 7.97. The van der Waals surface area contributed by atoms with Crippen LogP contribution >= 0.6 is 23.5 Å². The number of aliphatic hydroxyl groups excluding tert-OH is 1. The molecule has 3 heterocycles. The summed E-state index contributed by atoms with van der Waals surface area (Å²) in [5.41, 5.74) is 0. The van der Waals surface area contributed by atoms with E-state index in [0.29, 0.717) is 19.3 Å². The second-order valence-corrected chi connectivity index (χ2v) is 12.2. The van der Waals surface area contributed by atoms with Crippen molar-refractivity contribution in [2.45, 2.75) is 67.9 Å². The maximum absolute atomic E-state index is 12.6. The first kappa shape index (κ1) is 30.4. The molecule has 20 heteroatoms. The van der Waals surface area contributed by atoms with Crippen LogP contribution in [0.25, 0.3) is 0 Å². The first-order valence-corrected chi connectivity index (χ1v) is 15.1. The molecule has 0 aromatic heterocycles. The molecule has 11 atom stereocenters. The molecule has 3 saturated heterocycles. The monoisotopic (exact) mass is 572 g/mol. The number of hydrogen-bond donors (Lipinski definition) is 4. The zero-order chi connectivity index (χ0) is 26.7. The molecule has 3 aliphatic heterocycles. The maximum Gasteiger partial charge on any atom is 0.472 e. The Morgan fingerprint density at radius 1 is 1.00 bits per heavy atom. The fourth-order valence-electron chi connectivity index (χ4n) is 3.57. The molecule has 0 aromatic rings. The van der Waals surface area contributed by atoms with Crippen molar-refractivity contribution in [2.24, 2.45) is 0 Å². The lowest BCUT2D eigenvalue weighted by atomic mass is 9.93. The predicted octanol–water partition coefficient (Wildman–Crippen LogP) is -0.542. The summed E-state index contributed by atoms with van der Waals surface area (Å²) in [6.45, 7) is -1.80. The SMILES string of the molecule is [B][C@@H]1O[C@@H]2COP(=O)(O)OC3[C@@H](COP(=O)(O)O[C@@H]2C1O)O[C@@H]([B])[C@H]3OP(=O)(O)OCCCCC#C. The molecule has 5 unspecified atom stereocenters. The number of ether oxygens (including phenoxy) is 2. The van der Waals surface area contributed by atoms with Crippen LogP contribution in [0.1, 0.15) is 19.3 Å². The van der Waals surface area contributed by atoms with E-state index in [1.165, 1.54) is 0 Å². The van der Waals surface area contributed by atoms with Crippen molar-refractivity contribution >= 4 is 39.2 Å². The van der Waals surface area contributed by atoms with E-state index in [4.69, 9.17) is 58.7 Å². The van der Waals surface area contributed by atoms with Crippen LogP contribution in [0.3, 0.4) is 0 Å². The summed E-state index contributed by atoms with van der Waals surface area (Å²) in [6, 6.07) is -2.89. The minimum Gasteiger partial charge on any atom is -0.388 e. The third kappa shape index (κ3) is 8.20. The molecule has 3 fully saturated rings. The summed E-state index contributed by atoms with van der Waals surface area (Å²) in [5.74, 6) is 2.41. The summed E-state index contributed by atoms with van der Waals surface area (Å²) in [7, 11) is -3.30. The predicted molar refractivity (Wildman–Crippen MR) is 119 cm³/mol. The van der Waals surface area contributed by atoms with Crippen molar-refractivity contribution in [3.05, 3.63) is 0 Å². The Balaban J connectivity index is 1.76. The van der Waals surface area contributed by atoms with Crippen LogP contribution < -0.4 is 0 Å². The van der Waals surface area contributed by atoms with E-state index in [1.807, 2.05) is 0 Å². The van der Waals surface area contributed by atoms with Crippen LogP contribution in [0.5, 0.6) is 0 Å². The molecule has 0 spiro atoms. The minimum absolute atomic E-state index is 0.195. The number of rotatable bonds is 7. The van der Waals surface area contributed by atoms with E-state index in [1.54, 1.807) is 0 Å². The van der Waals surface area contributed by atoms with E-state index >= 15 is 0 Å². The molecule has 0 aromatic carbocycles. The van der Waals surface area contributed by atoms with Crippen molar-refractivity contribution in [1.82, 2.24) is 0 Å². The van der Waals surface area contributed by atoms with Gasteiger partial charge < -0.3 is 29.3 Å². The van der Waals surface area contributed by atoms with Crippen LogP contribution in [0.15, 0.2) is 0 Å². The Bertz CT molecular complexity index is 948. The van der Waals surface area contributed by atoms with Gasteiger partial charge in [-0.15, -0.1) is 12.3 Å². The van der Waals surface area contributed by atoms with E-state index < -0.39 is 85.3 Å². The maximum atomic E-state index is 12.6. The Morgan fingerprint density at radius 3 is 2.17 bits per heavy atom. The lowest BCUT2D eigenvalue weighted by molar-refractivity contribution is -0.0491. The lowest BCUT2D eigenvalue weighted by Gasteiger charge is -2.29. The third-order valence-electron chi connectivity index (χ3n) is 5.26. The molecule has 0 bridgehead atoms. The van der Waals surface area contributed by atoms with Gasteiger partial charge in [-0.05, 0) is 12.8 Å². The number of phosphoric ester groups is 3. The highest BCUT2D eigenvalue weighted by Crippen LogP contribution is 2.54. The van der Waals surface area contributed by atoms with Crippen molar-refractivity contribution in [1.29, 1.82) is 0 Å². The normalized spacial score (nSPS) is 45.4. The minimum atomic E-state index is -4.98. The molecule has 3 aliphatic rings. The van der Waals surface area contributed by atoms with Crippen LogP contribution in [0.2, 0.25) is 0 Å². The average Bonchev–Trinajstić information content (AvgIpc) is 3.20. The smallest absolute Gasteiger partial charge is 0.388 e. The first-order valence-electron chi connectivity index (χ1n) is 10.6. The van der Waals surface area contributed by atoms with Crippen LogP contribution in [0.4, 0.5) is 0 Å². The van der Waals surface area contributed by atoms with Gasteiger partial charge in [0.2, 0.25) is 0 Å². The largest absolute Gasteiger partial charge is 0.472 e. The van der Waals surface area contributed by atoms with E-state index in [2.05, 4.69) is 5.92 Å². The van der Waals surface area contributed by atoms with Crippen molar-refractivity contribution in [3.8, 4) is 12.3 Å². The summed E-state index contributed by atoms with van der Waals surface area (Å²) < 4.78 is 77.7. The molecule has 3 rings (SSSR count). The van der Waals surface area contributed by atoms with Gasteiger partial charge in [-0.1, -0.05) is 0 Å². The van der Waals surface area contributed by atoms with E-state index in [9.17, 15) is 33.5 Å². The topological polar surface area (TPSA) is 206 Å². The van der Waals surface area contributed by atoms with Gasteiger partial charge in [-0.3, -0.25) is 27.1 Å². The van der Waals surface area contributed by atoms with Crippen molar-refractivity contribution in [3.63, 3.8) is 0 Å². The Kier molecular flexibility index (Phi) is 10.5. The van der Waals surface area contributed by atoms with Crippen molar-refractivity contribution in [2.75, 3.05) is 19.8 Å². The van der Waals surface area contributed by atoms with Gasteiger partial charge in [-0.25, -0.2) is 13.7 Å². The van der Waals surface area contributed by atoms with Gasteiger partial charge in [0, 0.05) is 18.4 Å². The highest BCUT2D eigenvalue weighted by molar-refractivity contribution is 7.48. The summed E-state index contributed by atoms with van der Waals surface area (Å²) >= 11 is 0. The number of aliphatic hydroxyl groups is 1. The van der Waals surface area contributed by atoms with Crippen molar-refractivity contribution < 1.29 is 70.1 Å². The van der Waals surface area contributed by atoms with Gasteiger partial charge in [-0.2, -0.15) is 0 Å². The number of hydrogen-bond acceptors (Lipinski definition) is 12. The van der Waals surface area contributed by atoms with Gasteiger partial charge in [0.15, 0.2) is 0 Å². The van der Waals surface area contributed by atoms with Crippen LogP contribution in [-0.2, 0) is 50.3 Å². The summed E-state index contributed by atoms with van der Waals surface area (Å²) in [6.07, 6.45) is -2.97. The molecule has 200 valence electrons. The molecule has 4 N–H and O–H groups in total. The fraction of sp³-hybridized carbons (Fsp3) is 0.875. The number of fused-ring (bicyclic) bond motifs is 2. The number of phosphoric acid groups is 3. The van der Waals surface area contributed by atoms with Gasteiger partial charge in [0.25, 0.3) is 0 Å². The highest BCUT2D eigenvalue weighted by atomic mass is 31.2. The molecule has 15 nitrogen and oxygen atoms in total. The summed E-state index contributed by atoms with van der Waals surface area (Å²) in [5, 5.41) is 10.1. The first-order chi connectivity index (χ1) is 16.7. The Morgan fingerprint density at radius 2 is 1.56 bits per heavy atom. The number of terminal acetylenes is 1. The number of unbranched alkanes of at least 4 members (excludes halogenated alkanes) is 2. The second kappa shape index (κ2) is 12.4. The quantitative estimate of drug-likeness (QED) is 0.131. The molecular weight excluding hydrogens is 547 g/mol. The Labute approximate surface area is 209 Å². The lowest BCUT2D eigenvalue weighted by Crippen LogP contribution is -2.40. The Hall–Kier alpha value is -0.100. The highest BCUT2D eigenvalue weighted by Gasteiger charge is 2.53. The zero-order valence-electron chi connectivity index (χ0n) is 18.7. The molecule has 36 heavy (non-hydrogen) atoms. The standard InChI is InChI=1S/C16H25B2O15P3/c1-2-3-4-5-6-26-34(20,21)33-14-13-10(30-16(14)18)8-28-35(22,23)31-12-9(29-15(17)11(12)19)7-27-36(24,25)32-13/h1,9-16,19H,3-8H2,(H,20,21)(H,22,23)(H,24,25)/t9-,10-,11?,12+,13?,14+,15-,16-/m1/s1. The van der Waals surface area contributed by atoms with Gasteiger partial charge in [0.1, 0.15) is 52.3 Å². The van der Waals surface area contributed by atoms with Gasteiger partial charge >= 0.3 is 23.5 Å². The van der Waals surface area contributed by atoms with E-state index in [-0.39, 0.29) is 6.61 Å². The molecule has 4 radical (unpaired) electrons. The van der Waals surface area contributed by atoms with E-state index in [0.717, 1.165) is 0 Å². The fourth-order valence-corrected chi connectivity index (χ4v) is 6.46. The van der Waals surface area contributed by atoms with Crippen LogP contribution in [-0.4, -0.2) is 104 Å². The zero-order valence-corrected chi connectivity index (χ0v) is 21.4. The molecule has 0 aliphatic carbocycles. The van der Waals surface area contributed by atoms with Gasteiger partial charge in [0.05, 0.1) is 19.8 Å². The third-order valence-corrected chi connectivity index (χ3v) is 8.25. The summed E-state index contributed by atoms with van der Waals surface area (Å²) in [4.78, 5) is 30.4. The molecule has 0 amide bonds. The average molecular weight is 572 g/mol. The van der Waals surface area contributed by atoms with Crippen LogP contribution in [0, 0.1) is 12.3 Å².